The Kier molecular flexibility index (Phi) is 5.86. The van der Waals surface area contributed by atoms with Gasteiger partial charge in [-0.15, -0.1) is 11.8 Å². The van der Waals surface area contributed by atoms with E-state index >= 15 is 0 Å². The standard InChI is InChI=1S/C24H25NO3S/c1-27-19-9-5-7-17(15-19)22-13-14-25(20-10-3-4-12-23(20)29-22)16-18-8-6-11-21(28-2)24(18)26/h3-12,15,22,26H,13-14,16H2,1-2H3/t22-/m0/s1. The van der Waals surface area contributed by atoms with E-state index in [0.29, 0.717) is 17.5 Å². The van der Waals surface area contributed by atoms with Gasteiger partial charge < -0.3 is 19.5 Å². The summed E-state index contributed by atoms with van der Waals surface area (Å²) in [5.74, 6) is 1.61. The van der Waals surface area contributed by atoms with Gasteiger partial charge in [-0.3, -0.25) is 0 Å². The first-order valence-electron chi connectivity index (χ1n) is 9.69. The zero-order valence-corrected chi connectivity index (χ0v) is 17.5. The average Bonchev–Trinajstić information content (AvgIpc) is 2.95. The number of aromatic hydroxyl groups is 1. The Morgan fingerprint density at radius 3 is 2.66 bits per heavy atom. The molecule has 150 valence electrons. The van der Waals surface area contributed by atoms with E-state index in [1.165, 1.54) is 16.1 Å². The normalized spacial score (nSPS) is 16.1. The maximum absolute atomic E-state index is 10.6. The monoisotopic (exact) mass is 407 g/mol. The van der Waals surface area contributed by atoms with Gasteiger partial charge in [0.2, 0.25) is 0 Å². The number of para-hydroxylation sites is 2. The number of ether oxygens (including phenoxy) is 2. The summed E-state index contributed by atoms with van der Waals surface area (Å²) in [6.45, 7) is 1.52. The topological polar surface area (TPSA) is 41.9 Å². The number of anilines is 1. The number of phenolic OH excluding ortho intramolecular Hbond substituents is 1. The van der Waals surface area contributed by atoms with Gasteiger partial charge in [-0.1, -0.05) is 36.4 Å². The molecule has 1 aliphatic rings. The highest BCUT2D eigenvalue weighted by Crippen LogP contribution is 2.46. The van der Waals surface area contributed by atoms with Crippen molar-refractivity contribution in [1.29, 1.82) is 0 Å². The third-order valence-electron chi connectivity index (χ3n) is 5.27. The highest BCUT2D eigenvalue weighted by Gasteiger charge is 2.24. The summed E-state index contributed by atoms with van der Waals surface area (Å²) in [7, 11) is 3.28. The smallest absolute Gasteiger partial charge is 0.162 e. The van der Waals surface area contributed by atoms with Crippen LogP contribution < -0.4 is 14.4 Å². The predicted octanol–water partition coefficient (Wildman–Crippen LogP) is 5.65. The van der Waals surface area contributed by atoms with E-state index in [0.717, 1.165) is 24.3 Å². The van der Waals surface area contributed by atoms with Crippen LogP contribution in [0.2, 0.25) is 0 Å². The molecule has 0 saturated carbocycles. The van der Waals surface area contributed by atoms with Gasteiger partial charge in [0.1, 0.15) is 5.75 Å². The van der Waals surface area contributed by atoms with Crippen LogP contribution in [0.3, 0.4) is 0 Å². The molecule has 0 spiro atoms. The zero-order chi connectivity index (χ0) is 20.2. The van der Waals surface area contributed by atoms with Gasteiger partial charge in [0.15, 0.2) is 11.5 Å². The lowest BCUT2D eigenvalue weighted by Gasteiger charge is -2.25. The number of fused-ring (bicyclic) bond motifs is 1. The van der Waals surface area contributed by atoms with Crippen LogP contribution in [-0.4, -0.2) is 25.9 Å². The lowest BCUT2D eigenvalue weighted by molar-refractivity contribution is 0.370. The molecule has 4 nitrogen and oxygen atoms in total. The number of phenols is 1. The van der Waals surface area contributed by atoms with Gasteiger partial charge in [-0.25, -0.2) is 0 Å². The summed E-state index contributed by atoms with van der Waals surface area (Å²) in [6.07, 6.45) is 0.997. The van der Waals surface area contributed by atoms with Crippen LogP contribution in [0.1, 0.15) is 22.8 Å². The van der Waals surface area contributed by atoms with Gasteiger partial charge in [0.25, 0.3) is 0 Å². The minimum Gasteiger partial charge on any atom is -0.504 e. The van der Waals surface area contributed by atoms with E-state index < -0.39 is 0 Å². The number of hydrogen-bond acceptors (Lipinski definition) is 5. The highest BCUT2D eigenvalue weighted by atomic mass is 32.2. The van der Waals surface area contributed by atoms with Crippen molar-refractivity contribution in [2.24, 2.45) is 0 Å². The van der Waals surface area contributed by atoms with E-state index in [1.807, 2.05) is 30.0 Å². The SMILES string of the molecule is COc1cccc([C@@H]2CCN(Cc3cccc(OC)c3O)c3ccccc3S2)c1. The van der Waals surface area contributed by atoms with Crippen molar-refractivity contribution in [2.75, 3.05) is 25.7 Å². The molecule has 1 N–H and O–H groups in total. The molecule has 4 rings (SSSR count). The molecular formula is C24H25NO3S. The molecule has 5 heteroatoms. The molecule has 0 fully saturated rings. The van der Waals surface area contributed by atoms with Crippen molar-refractivity contribution in [2.45, 2.75) is 23.1 Å². The largest absolute Gasteiger partial charge is 0.504 e. The van der Waals surface area contributed by atoms with Crippen LogP contribution in [0.25, 0.3) is 0 Å². The Morgan fingerprint density at radius 2 is 1.83 bits per heavy atom. The Labute approximate surface area is 176 Å². The summed E-state index contributed by atoms with van der Waals surface area (Å²) >= 11 is 1.89. The third kappa shape index (κ3) is 4.15. The molecule has 1 heterocycles. The highest BCUT2D eigenvalue weighted by molar-refractivity contribution is 7.99. The van der Waals surface area contributed by atoms with Gasteiger partial charge in [0, 0.05) is 28.8 Å². The maximum atomic E-state index is 10.6. The van der Waals surface area contributed by atoms with E-state index in [1.54, 1.807) is 20.3 Å². The van der Waals surface area contributed by atoms with E-state index in [4.69, 9.17) is 9.47 Å². The van der Waals surface area contributed by atoms with Gasteiger partial charge in [-0.2, -0.15) is 0 Å². The quantitative estimate of drug-likeness (QED) is 0.592. The van der Waals surface area contributed by atoms with Crippen LogP contribution in [-0.2, 0) is 6.54 Å². The minimum atomic E-state index is 0.216. The second-order valence-corrected chi connectivity index (χ2v) is 8.27. The molecule has 3 aromatic rings. The molecule has 0 unspecified atom stereocenters. The average molecular weight is 408 g/mol. The van der Waals surface area contributed by atoms with Crippen LogP contribution in [0, 0.1) is 0 Å². The van der Waals surface area contributed by atoms with Crippen molar-refractivity contribution in [3.63, 3.8) is 0 Å². The van der Waals surface area contributed by atoms with Crippen molar-refractivity contribution >= 4 is 17.4 Å². The molecule has 0 bridgehead atoms. The number of thioether (sulfide) groups is 1. The number of hydrogen-bond donors (Lipinski definition) is 1. The minimum absolute atomic E-state index is 0.216. The number of rotatable bonds is 5. The van der Waals surface area contributed by atoms with E-state index in [2.05, 4.69) is 47.4 Å². The Bertz CT molecular complexity index is 991. The Morgan fingerprint density at radius 1 is 1.00 bits per heavy atom. The summed E-state index contributed by atoms with van der Waals surface area (Å²) in [6, 6.07) is 22.5. The molecule has 0 aliphatic carbocycles. The summed E-state index contributed by atoms with van der Waals surface area (Å²) in [5, 5.41) is 10.9. The van der Waals surface area contributed by atoms with Crippen LogP contribution >= 0.6 is 11.8 Å². The lowest BCUT2D eigenvalue weighted by atomic mass is 10.1. The van der Waals surface area contributed by atoms with Crippen LogP contribution in [0.15, 0.2) is 71.6 Å². The van der Waals surface area contributed by atoms with E-state index in [9.17, 15) is 5.11 Å². The fourth-order valence-electron chi connectivity index (χ4n) is 3.73. The van der Waals surface area contributed by atoms with Crippen molar-refractivity contribution < 1.29 is 14.6 Å². The van der Waals surface area contributed by atoms with Gasteiger partial charge in [-0.05, 0) is 42.3 Å². The fraction of sp³-hybridized carbons (Fsp3) is 0.250. The number of benzene rings is 3. The molecule has 1 aliphatic heterocycles. The van der Waals surface area contributed by atoms with Crippen LogP contribution in [0.5, 0.6) is 17.2 Å². The first-order valence-corrected chi connectivity index (χ1v) is 10.6. The second kappa shape index (κ2) is 8.70. The summed E-state index contributed by atoms with van der Waals surface area (Å²) in [5.41, 5.74) is 3.34. The molecule has 0 radical (unpaired) electrons. The van der Waals surface area contributed by atoms with Crippen molar-refractivity contribution in [3.05, 3.63) is 77.9 Å². The number of nitrogens with zero attached hydrogens (tertiary/aromatic N) is 1. The molecule has 0 saturated heterocycles. The van der Waals surface area contributed by atoms with E-state index in [-0.39, 0.29) is 5.75 Å². The summed E-state index contributed by atoms with van der Waals surface area (Å²) < 4.78 is 10.7. The van der Waals surface area contributed by atoms with Gasteiger partial charge >= 0.3 is 0 Å². The molecule has 29 heavy (non-hydrogen) atoms. The van der Waals surface area contributed by atoms with Crippen LogP contribution in [0.4, 0.5) is 5.69 Å². The summed E-state index contributed by atoms with van der Waals surface area (Å²) in [4.78, 5) is 3.59. The Balaban J connectivity index is 1.64. The second-order valence-electron chi connectivity index (χ2n) is 7.03. The fourth-order valence-corrected chi connectivity index (χ4v) is 5.02. The molecule has 0 aromatic heterocycles. The number of methoxy groups -OCH3 is 2. The first kappa shape index (κ1) is 19.5. The molecule has 1 atom stereocenters. The molecule has 3 aromatic carbocycles. The zero-order valence-electron chi connectivity index (χ0n) is 16.7. The third-order valence-corrected chi connectivity index (χ3v) is 6.66. The van der Waals surface area contributed by atoms with Crippen molar-refractivity contribution in [3.8, 4) is 17.2 Å². The maximum Gasteiger partial charge on any atom is 0.162 e. The molecule has 0 amide bonds. The predicted molar refractivity (Wildman–Crippen MR) is 118 cm³/mol. The first-order chi connectivity index (χ1) is 14.2. The lowest BCUT2D eigenvalue weighted by Crippen LogP contribution is -2.24. The Hall–Kier alpha value is -2.79. The van der Waals surface area contributed by atoms with Crippen molar-refractivity contribution in [1.82, 2.24) is 0 Å². The van der Waals surface area contributed by atoms with Gasteiger partial charge in [0.05, 0.1) is 19.9 Å². The molecular weight excluding hydrogens is 382 g/mol.